The van der Waals surface area contributed by atoms with Crippen molar-refractivity contribution >= 4 is 45.1 Å². The van der Waals surface area contributed by atoms with Crippen molar-refractivity contribution in [3.05, 3.63) is 46.6 Å². The maximum absolute atomic E-state index is 12.4. The average Bonchev–Trinajstić information content (AvgIpc) is 3.11. The summed E-state index contributed by atoms with van der Waals surface area (Å²) in [6, 6.07) is 7.09. The van der Waals surface area contributed by atoms with Crippen LogP contribution in [0, 0.1) is 5.92 Å². The number of nitrogens with zero attached hydrogens (tertiary/aromatic N) is 2. The highest BCUT2D eigenvalue weighted by Gasteiger charge is 2.29. The van der Waals surface area contributed by atoms with Crippen molar-refractivity contribution in [2.75, 3.05) is 29.9 Å². The number of aliphatic hydroxyl groups is 1. The fourth-order valence-electron chi connectivity index (χ4n) is 2.90. The Morgan fingerprint density at radius 2 is 2.07 bits per heavy atom. The van der Waals surface area contributed by atoms with Crippen molar-refractivity contribution in [3.63, 3.8) is 0 Å². The first-order valence-corrected chi connectivity index (χ1v) is 10.0. The quantitative estimate of drug-likeness (QED) is 0.622. The molecule has 1 aliphatic heterocycles. The SMILES string of the molecule is O=C(Nc1ccc(SC(F)(F)F)cc1)c1cnc(N2CC[C@H](CO)C2)c(Br)c1. The lowest BCUT2D eigenvalue weighted by Gasteiger charge is -2.19. The number of aliphatic hydroxyl groups excluding tert-OH is 1. The molecule has 5 nitrogen and oxygen atoms in total. The van der Waals surface area contributed by atoms with Gasteiger partial charge in [-0.15, -0.1) is 0 Å². The Morgan fingerprint density at radius 3 is 2.64 bits per heavy atom. The van der Waals surface area contributed by atoms with Gasteiger partial charge in [0.2, 0.25) is 0 Å². The molecule has 1 aromatic heterocycles. The molecule has 3 rings (SSSR count). The van der Waals surface area contributed by atoms with E-state index < -0.39 is 11.4 Å². The molecular formula is C18H17BrF3N3O2S. The van der Waals surface area contributed by atoms with E-state index in [2.05, 4.69) is 26.2 Å². The summed E-state index contributed by atoms with van der Waals surface area (Å²) < 4.78 is 37.8. The smallest absolute Gasteiger partial charge is 0.396 e. The number of carbonyl (C=O) groups is 1. The monoisotopic (exact) mass is 475 g/mol. The summed E-state index contributed by atoms with van der Waals surface area (Å²) in [4.78, 5) is 18.9. The van der Waals surface area contributed by atoms with Gasteiger partial charge in [0.15, 0.2) is 0 Å². The number of anilines is 2. The molecule has 0 radical (unpaired) electrons. The third-order valence-corrected chi connectivity index (χ3v) is 5.60. The Bertz CT molecular complexity index is 849. The van der Waals surface area contributed by atoms with Gasteiger partial charge in [-0.05, 0) is 64.4 Å². The molecule has 2 N–H and O–H groups in total. The first kappa shape index (κ1) is 20.9. The number of rotatable bonds is 5. The molecule has 0 unspecified atom stereocenters. The zero-order valence-corrected chi connectivity index (χ0v) is 16.9. The summed E-state index contributed by atoms with van der Waals surface area (Å²) >= 11 is 3.23. The van der Waals surface area contributed by atoms with Crippen LogP contribution in [-0.4, -0.2) is 41.2 Å². The van der Waals surface area contributed by atoms with Gasteiger partial charge < -0.3 is 15.3 Å². The fraction of sp³-hybridized carbons (Fsp3) is 0.333. The molecule has 1 aromatic carbocycles. The Morgan fingerprint density at radius 1 is 1.36 bits per heavy atom. The second kappa shape index (κ2) is 8.71. The number of aromatic nitrogens is 1. The number of halogens is 4. The predicted octanol–water partition coefficient (Wildman–Crippen LogP) is 4.53. The van der Waals surface area contributed by atoms with Crippen LogP contribution in [0.25, 0.3) is 0 Å². The van der Waals surface area contributed by atoms with Crippen LogP contribution >= 0.6 is 27.7 Å². The van der Waals surface area contributed by atoms with Gasteiger partial charge in [-0.1, -0.05) is 0 Å². The van der Waals surface area contributed by atoms with Gasteiger partial charge in [0.25, 0.3) is 5.91 Å². The highest BCUT2D eigenvalue weighted by atomic mass is 79.9. The van der Waals surface area contributed by atoms with Crippen LogP contribution in [0.15, 0.2) is 45.9 Å². The number of hydrogen-bond donors (Lipinski definition) is 2. The van der Waals surface area contributed by atoms with Crippen molar-refractivity contribution < 1.29 is 23.1 Å². The van der Waals surface area contributed by atoms with E-state index in [4.69, 9.17) is 0 Å². The topological polar surface area (TPSA) is 65.5 Å². The Labute approximate surface area is 172 Å². The van der Waals surface area contributed by atoms with Gasteiger partial charge in [0.1, 0.15) is 5.82 Å². The molecule has 0 bridgehead atoms. The minimum absolute atomic E-state index is 0.0473. The molecule has 150 valence electrons. The lowest BCUT2D eigenvalue weighted by atomic mass is 10.1. The summed E-state index contributed by atoms with van der Waals surface area (Å²) in [5, 5.41) is 11.9. The highest BCUT2D eigenvalue weighted by Crippen LogP contribution is 2.37. The van der Waals surface area contributed by atoms with Crippen LogP contribution in [0.1, 0.15) is 16.8 Å². The standard InChI is InChI=1S/C18H17BrF3N3O2S/c19-15-7-12(8-23-16(15)25-6-5-11(9-25)10-26)17(27)24-13-1-3-14(4-2-13)28-18(20,21)22/h1-4,7-8,11,26H,5-6,9-10H2,(H,24,27)/t11-/m0/s1. The summed E-state index contributed by atoms with van der Waals surface area (Å²) in [5.74, 6) is 0.516. The van der Waals surface area contributed by atoms with E-state index in [9.17, 15) is 23.1 Å². The first-order valence-electron chi connectivity index (χ1n) is 8.43. The van der Waals surface area contributed by atoms with Gasteiger partial charge in [0, 0.05) is 42.4 Å². The lowest BCUT2D eigenvalue weighted by Crippen LogP contribution is -2.22. The van der Waals surface area contributed by atoms with E-state index in [1.165, 1.54) is 30.5 Å². The number of carbonyl (C=O) groups excluding carboxylic acids is 1. The van der Waals surface area contributed by atoms with E-state index >= 15 is 0 Å². The molecule has 0 spiro atoms. The van der Waals surface area contributed by atoms with Crippen LogP contribution in [0.5, 0.6) is 0 Å². The van der Waals surface area contributed by atoms with E-state index in [-0.39, 0.29) is 29.2 Å². The van der Waals surface area contributed by atoms with E-state index in [1.807, 2.05) is 4.90 Å². The minimum atomic E-state index is -4.35. The summed E-state index contributed by atoms with van der Waals surface area (Å²) in [5.41, 5.74) is -3.64. The molecule has 28 heavy (non-hydrogen) atoms. The Kier molecular flexibility index (Phi) is 6.51. The zero-order valence-electron chi connectivity index (χ0n) is 14.5. The van der Waals surface area contributed by atoms with Crippen LogP contribution < -0.4 is 10.2 Å². The van der Waals surface area contributed by atoms with Gasteiger partial charge in [-0.3, -0.25) is 4.79 Å². The van der Waals surface area contributed by atoms with Crippen LogP contribution in [0.3, 0.4) is 0 Å². The van der Waals surface area contributed by atoms with Crippen LogP contribution in [0.2, 0.25) is 0 Å². The molecule has 2 aromatic rings. The number of pyridine rings is 1. The Balaban J connectivity index is 1.65. The third kappa shape index (κ3) is 5.39. The summed E-state index contributed by atoms with van der Waals surface area (Å²) in [6.07, 6.45) is 2.34. The molecule has 1 fully saturated rings. The van der Waals surface area contributed by atoms with Crippen molar-refractivity contribution in [3.8, 4) is 0 Å². The Hall–Kier alpha value is -1.78. The fourth-order valence-corrected chi connectivity index (χ4v) is 4.04. The molecule has 1 amide bonds. The molecular weight excluding hydrogens is 459 g/mol. The van der Waals surface area contributed by atoms with Crippen molar-refractivity contribution in [2.45, 2.75) is 16.8 Å². The van der Waals surface area contributed by atoms with Gasteiger partial charge >= 0.3 is 5.51 Å². The molecule has 0 aliphatic carbocycles. The zero-order chi connectivity index (χ0) is 20.3. The average molecular weight is 476 g/mol. The molecule has 2 heterocycles. The second-order valence-electron chi connectivity index (χ2n) is 6.34. The van der Waals surface area contributed by atoms with Crippen molar-refractivity contribution in [1.82, 2.24) is 4.98 Å². The van der Waals surface area contributed by atoms with E-state index in [0.717, 1.165) is 13.0 Å². The number of thioether (sulfide) groups is 1. The minimum Gasteiger partial charge on any atom is -0.396 e. The maximum atomic E-state index is 12.4. The normalized spacial score (nSPS) is 17.0. The maximum Gasteiger partial charge on any atom is 0.446 e. The van der Waals surface area contributed by atoms with E-state index in [0.29, 0.717) is 28.1 Å². The molecule has 1 aliphatic rings. The van der Waals surface area contributed by atoms with Crippen LogP contribution in [-0.2, 0) is 0 Å². The highest BCUT2D eigenvalue weighted by molar-refractivity contribution is 9.10. The summed E-state index contributed by atoms with van der Waals surface area (Å²) in [7, 11) is 0. The van der Waals surface area contributed by atoms with E-state index in [1.54, 1.807) is 6.07 Å². The predicted molar refractivity (Wildman–Crippen MR) is 106 cm³/mol. The molecule has 1 saturated heterocycles. The van der Waals surface area contributed by atoms with Gasteiger partial charge in [0.05, 0.1) is 10.0 Å². The molecule has 1 atom stereocenters. The number of amides is 1. The number of alkyl halides is 3. The van der Waals surface area contributed by atoms with Crippen molar-refractivity contribution in [2.24, 2.45) is 5.92 Å². The van der Waals surface area contributed by atoms with Gasteiger partial charge in [-0.25, -0.2) is 4.98 Å². The molecule has 10 heteroatoms. The summed E-state index contributed by atoms with van der Waals surface area (Å²) in [6.45, 7) is 1.62. The molecule has 0 saturated carbocycles. The third-order valence-electron chi connectivity index (χ3n) is 4.27. The van der Waals surface area contributed by atoms with Crippen molar-refractivity contribution in [1.29, 1.82) is 0 Å². The number of nitrogens with one attached hydrogen (secondary N) is 1. The second-order valence-corrected chi connectivity index (χ2v) is 8.33. The number of benzene rings is 1. The largest absolute Gasteiger partial charge is 0.446 e. The first-order chi connectivity index (χ1) is 13.2. The number of hydrogen-bond acceptors (Lipinski definition) is 5. The lowest BCUT2D eigenvalue weighted by molar-refractivity contribution is -0.0328. The van der Waals surface area contributed by atoms with Crippen LogP contribution in [0.4, 0.5) is 24.7 Å². The van der Waals surface area contributed by atoms with Gasteiger partial charge in [-0.2, -0.15) is 13.2 Å².